The Morgan fingerprint density at radius 3 is 1.97 bits per heavy atom. The van der Waals surface area contributed by atoms with Gasteiger partial charge in [0.25, 0.3) is 0 Å². The summed E-state index contributed by atoms with van der Waals surface area (Å²) in [5.74, 6) is 0.186. The molecule has 1 fully saturated rings. The van der Waals surface area contributed by atoms with Crippen molar-refractivity contribution in [2.45, 2.75) is 43.6 Å². The van der Waals surface area contributed by atoms with Gasteiger partial charge in [0.15, 0.2) is 5.82 Å². The van der Waals surface area contributed by atoms with Crippen LogP contribution in [0, 0.1) is 0 Å². The number of amides is 1. The molecule has 2 heterocycles. The van der Waals surface area contributed by atoms with Gasteiger partial charge in [0.05, 0.1) is 5.41 Å². The molecule has 190 valence electrons. The van der Waals surface area contributed by atoms with Gasteiger partial charge in [0, 0.05) is 5.41 Å². The molecule has 0 bridgehead atoms. The molecule has 7 heteroatoms. The summed E-state index contributed by atoms with van der Waals surface area (Å²) in [7, 11) is 0. The first-order valence-electron chi connectivity index (χ1n) is 13.0. The van der Waals surface area contributed by atoms with Crippen molar-refractivity contribution >= 4 is 5.91 Å². The Morgan fingerprint density at radius 1 is 0.892 bits per heavy atom. The number of hydrogen-bond acceptors (Lipinski definition) is 5. The van der Waals surface area contributed by atoms with E-state index in [1.54, 1.807) is 0 Å². The van der Waals surface area contributed by atoms with Gasteiger partial charge < -0.3 is 10.6 Å². The Kier molecular flexibility index (Phi) is 7.15. The molecule has 3 aromatic carbocycles. The predicted molar refractivity (Wildman–Crippen MR) is 144 cm³/mol. The number of carbonyl (C=O) groups is 1. The van der Waals surface area contributed by atoms with Gasteiger partial charge in [-0.05, 0) is 60.8 Å². The van der Waals surface area contributed by atoms with Crippen LogP contribution in [0.2, 0.25) is 0 Å². The molecule has 1 aliphatic heterocycles. The highest BCUT2D eigenvalue weighted by atomic mass is 16.1. The molecule has 0 spiro atoms. The van der Waals surface area contributed by atoms with Crippen molar-refractivity contribution in [2.75, 3.05) is 19.6 Å². The fourth-order valence-corrected chi connectivity index (χ4v) is 5.65. The van der Waals surface area contributed by atoms with E-state index in [2.05, 4.69) is 112 Å². The molecule has 0 aliphatic carbocycles. The van der Waals surface area contributed by atoms with E-state index in [9.17, 15) is 4.79 Å². The second kappa shape index (κ2) is 10.6. The molecular weight excluding hydrogens is 460 g/mol. The van der Waals surface area contributed by atoms with Crippen LogP contribution in [-0.2, 0) is 22.2 Å². The highest BCUT2D eigenvalue weighted by Gasteiger charge is 2.42. The SMILES string of the molecule is CC(CCN1CCC(c2ccccc2)(c2nnn(CC(N)=O)n2)CC1)(c1ccccc1)c1ccccc1. The number of aromatic nitrogens is 4. The third kappa shape index (κ3) is 5.18. The lowest BCUT2D eigenvalue weighted by atomic mass is 9.71. The van der Waals surface area contributed by atoms with Gasteiger partial charge in [0.1, 0.15) is 6.54 Å². The summed E-state index contributed by atoms with van der Waals surface area (Å²) >= 11 is 0. The molecule has 4 aromatic rings. The highest BCUT2D eigenvalue weighted by Crippen LogP contribution is 2.41. The average molecular weight is 495 g/mol. The Labute approximate surface area is 218 Å². The standard InChI is InChI=1S/C30H34N6O/c1-29(24-11-5-2-6-12-24,25-13-7-3-8-14-25)17-20-35-21-18-30(19-22-35,26-15-9-4-10-16-26)28-32-34-36(33-28)23-27(31)37/h2-16H,17-23H2,1H3,(H2,31,37). The average Bonchev–Trinajstić information content (AvgIpc) is 3.42. The molecule has 7 nitrogen and oxygen atoms in total. The van der Waals surface area contributed by atoms with E-state index < -0.39 is 5.91 Å². The second-order valence-electron chi connectivity index (χ2n) is 10.2. The van der Waals surface area contributed by atoms with Crippen LogP contribution in [0.15, 0.2) is 91.0 Å². The number of primary amides is 1. The minimum absolute atomic E-state index is 0.0679. The van der Waals surface area contributed by atoms with Gasteiger partial charge in [0.2, 0.25) is 5.91 Å². The Hall–Kier alpha value is -3.84. The maximum atomic E-state index is 11.4. The fraction of sp³-hybridized carbons (Fsp3) is 0.333. The maximum absolute atomic E-state index is 11.4. The van der Waals surface area contributed by atoms with Gasteiger partial charge in [-0.25, -0.2) is 0 Å². The van der Waals surface area contributed by atoms with Gasteiger partial charge >= 0.3 is 0 Å². The second-order valence-corrected chi connectivity index (χ2v) is 10.2. The van der Waals surface area contributed by atoms with Gasteiger partial charge in [-0.1, -0.05) is 97.9 Å². The number of nitrogens with zero attached hydrogens (tertiary/aromatic N) is 5. The van der Waals surface area contributed by atoms with Crippen LogP contribution in [-0.4, -0.2) is 50.6 Å². The van der Waals surface area contributed by atoms with Crippen molar-refractivity contribution < 1.29 is 4.79 Å². The molecule has 0 atom stereocenters. The molecule has 37 heavy (non-hydrogen) atoms. The van der Waals surface area contributed by atoms with Crippen molar-refractivity contribution in [3.05, 3.63) is 114 Å². The third-order valence-corrected chi connectivity index (χ3v) is 7.96. The van der Waals surface area contributed by atoms with Crippen molar-refractivity contribution in [1.82, 2.24) is 25.1 Å². The summed E-state index contributed by atoms with van der Waals surface area (Å²) in [4.78, 5) is 15.3. The molecular formula is C30H34N6O. The van der Waals surface area contributed by atoms with Crippen LogP contribution in [0.1, 0.15) is 48.7 Å². The minimum Gasteiger partial charge on any atom is -0.368 e. The minimum atomic E-state index is -0.479. The predicted octanol–water partition coefficient (Wildman–Crippen LogP) is 3.94. The smallest absolute Gasteiger partial charge is 0.241 e. The monoisotopic (exact) mass is 494 g/mol. The highest BCUT2D eigenvalue weighted by molar-refractivity contribution is 5.73. The number of tetrazole rings is 1. The van der Waals surface area contributed by atoms with Crippen LogP contribution < -0.4 is 5.73 Å². The normalized spacial score (nSPS) is 15.9. The largest absolute Gasteiger partial charge is 0.368 e. The topological polar surface area (TPSA) is 89.9 Å². The molecule has 0 radical (unpaired) electrons. The molecule has 0 unspecified atom stereocenters. The Balaban J connectivity index is 1.35. The zero-order chi connectivity index (χ0) is 25.7. The number of benzene rings is 3. The lowest BCUT2D eigenvalue weighted by Gasteiger charge is -2.41. The Bertz CT molecular complexity index is 1260. The van der Waals surface area contributed by atoms with Crippen LogP contribution in [0.4, 0.5) is 0 Å². The maximum Gasteiger partial charge on any atom is 0.241 e. The van der Waals surface area contributed by atoms with E-state index in [-0.39, 0.29) is 17.4 Å². The number of piperidine rings is 1. The van der Waals surface area contributed by atoms with E-state index in [0.29, 0.717) is 5.82 Å². The van der Waals surface area contributed by atoms with Crippen molar-refractivity contribution in [3.63, 3.8) is 0 Å². The molecule has 1 amide bonds. The van der Waals surface area contributed by atoms with Crippen LogP contribution >= 0.6 is 0 Å². The first-order valence-corrected chi connectivity index (χ1v) is 13.0. The first kappa shape index (κ1) is 24.8. The molecule has 1 aromatic heterocycles. The zero-order valence-electron chi connectivity index (χ0n) is 21.3. The summed E-state index contributed by atoms with van der Waals surface area (Å²) in [6.45, 7) is 5.14. The van der Waals surface area contributed by atoms with E-state index in [4.69, 9.17) is 5.73 Å². The number of nitrogens with two attached hydrogens (primary N) is 1. The van der Waals surface area contributed by atoms with Crippen molar-refractivity contribution in [1.29, 1.82) is 0 Å². The quantitative estimate of drug-likeness (QED) is 0.381. The van der Waals surface area contributed by atoms with Crippen LogP contribution in [0.3, 0.4) is 0 Å². The van der Waals surface area contributed by atoms with Crippen LogP contribution in [0.5, 0.6) is 0 Å². The molecule has 5 rings (SSSR count). The molecule has 2 N–H and O–H groups in total. The zero-order valence-corrected chi connectivity index (χ0v) is 21.3. The first-order chi connectivity index (χ1) is 18.0. The van der Waals surface area contributed by atoms with E-state index in [1.165, 1.54) is 21.5 Å². The van der Waals surface area contributed by atoms with E-state index >= 15 is 0 Å². The van der Waals surface area contributed by atoms with Gasteiger partial charge in [-0.3, -0.25) is 4.79 Å². The van der Waals surface area contributed by atoms with Gasteiger partial charge in [-0.2, -0.15) is 4.80 Å². The third-order valence-electron chi connectivity index (χ3n) is 7.96. The summed E-state index contributed by atoms with van der Waals surface area (Å²) < 4.78 is 0. The molecule has 1 saturated heterocycles. The number of hydrogen-bond donors (Lipinski definition) is 1. The number of likely N-dealkylation sites (tertiary alicyclic amines) is 1. The summed E-state index contributed by atoms with van der Waals surface area (Å²) in [5, 5.41) is 13.1. The fourth-order valence-electron chi connectivity index (χ4n) is 5.65. The lowest BCUT2D eigenvalue weighted by Crippen LogP contribution is -2.45. The summed E-state index contributed by atoms with van der Waals surface area (Å²) in [6.07, 6.45) is 2.78. The molecule has 1 aliphatic rings. The molecule has 0 saturated carbocycles. The van der Waals surface area contributed by atoms with Gasteiger partial charge in [-0.15, -0.1) is 10.2 Å². The number of carbonyl (C=O) groups excluding carboxylic acids is 1. The van der Waals surface area contributed by atoms with E-state index in [1.807, 2.05) is 6.07 Å². The van der Waals surface area contributed by atoms with Crippen LogP contribution in [0.25, 0.3) is 0 Å². The lowest BCUT2D eigenvalue weighted by molar-refractivity contribution is -0.119. The summed E-state index contributed by atoms with van der Waals surface area (Å²) in [5.41, 5.74) is 8.81. The number of rotatable bonds is 9. The van der Waals surface area contributed by atoms with E-state index in [0.717, 1.165) is 38.9 Å². The Morgan fingerprint density at radius 2 is 1.43 bits per heavy atom. The van der Waals surface area contributed by atoms with Crippen molar-refractivity contribution in [3.8, 4) is 0 Å². The summed E-state index contributed by atoms with van der Waals surface area (Å²) in [6, 6.07) is 32.1. The van der Waals surface area contributed by atoms with Crippen molar-refractivity contribution in [2.24, 2.45) is 5.73 Å².